The fourth-order valence-corrected chi connectivity index (χ4v) is 5.64. The number of rotatable bonds is 3. The number of amides is 2. The number of halogens is 1. The van der Waals surface area contributed by atoms with Crippen LogP contribution in [0.1, 0.15) is 0 Å². The van der Waals surface area contributed by atoms with Crippen LogP contribution in [0.4, 0.5) is 20.6 Å². The molecule has 0 aliphatic carbocycles. The number of hydrogen-bond acceptors (Lipinski definition) is 4. The van der Waals surface area contributed by atoms with Crippen molar-refractivity contribution in [1.29, 1.82) is 0 Å². The minimum Gasteiger partial charge on any atom is -0.495 e. The molecule has 2 saturated heterocycles. The van der Waals surface area contributed by atoms with E-state index in [-0.39, 0.29) is 17.5 Å². The number of sulfone groups is 1. The van der Waals surface area contributed by atoms with Crippen LogP contribution in [0, 0.1) is 5.82 Å². The van der Waals surface area contributed by atoms with Crippen LogP contribution in [-0.4, -0.2) is 45.1 Å². The molecule has 4 rings (SSSR count). The van der Waals surface area contributed by atoms with Gasteiger partial charge in [0.2, 0.25) is 0 Å². The normalized spacial score (nSPS) is 24.0. The lowest BCUT2D eigenvalue weighted by Gasteiger charge is -2.24. The number of carbonyl (C=O) groups is 1. The highest BCUT2D eigenvalue weighted by Gasteiger charge is 2.54. The average molecular weight is 376 g/mol. The zero-order valence-corrected chi connectivity index (χ0v) is 14.8. The van der Waals surface area contributed by atoms with Gasteiger partial charge < -0.3 is 4.74 Å². The lowest BCUT2D eigenvalue weighted by atomic mass is 10.1. The van der Waals surface area contributed by atoms with E-state index >= 15 is 0 Å². The molecule has 0 radical (unpaired) electrons. The van der Waals surface area contributed by atoms with Crippen LogP contribution in [0.5, 0.6) is 5.75 Å². The van der Waals surface area contributed by atoms with E-state index in [1.807, 2.05) is 0 Å². The van der Waals surface area contributed by atoms with Gasteiger partial charge in [-0.25, -0.2) is 17.6 Å². The van der Waals surface area contributed by atoms with Gasteiger partial charge in [-0.05, 0) is 36.4 Å². The lowest BCUT2D eigenvalue weighted by molar-refractivity contribution is 0.255. The van der Waals surface area contributed by atoms with Gasteiger partial charge in [-0.3, -0.25) is 9.80 Å². The Hall–Kier alpha value is -2.61. The maximum Gasteiger partial charge on any atom is 0.329 e. The molecule has 2 aromatic carbocycles. The number of para-hydroxylation sites is 2. The van der Waals surface area contributed by atoms with Gasteiger partial charge in [0.05, 0.1) is 36.4 Å². The molecule has 8 heteroatoms. The van der Waals surface area contributed by atoms with Crippen LogP contribution in [-0.2, 0) is 9.84 Å². The van der Waals surface area contributed by atoms with Gasteiger partial charge in [-0.2, -0.15) is 0 Å². The Morgan fingerprint density at radius 1 is 1.00 bits per heavy atom. The molecule has 0 aromatic heterocycles. The van der Waals surface area contributed by atoms with Crippen molar-refractivity contribution in [3.05, 3.63) is 54.3 Å². The number of urea groups is 1. The topological polar surface area (TPSA) is 66.9 Å². The predicted molar refractivity (Wildman–Crippen MR) is 96.0 cm³/mol. The van der Waals surface area contributed by atoms with E-state index in [2.05, 4.69) is 0 Å². The molecule has 0 spiro atoms. The number of anilines is 2. The smallest absolute Gasteiger partial charge is 0.329 e. The number of fused-ring (bicyclic) bond motifs is 1. The van der Waals surface area contributed by atoms with Gasteiger partial charge in [-0.1, -0.05) is 12.1 Å². The van der Waals surface area contributed by atoms with Crippen molar-refractivity contribution in [3.63, 3.8) is 0 Å². The largest absolute Gasteiger partial charge is 0.495 e. The molecule has 2 atom stereocenters. The summed E-state index contributed by atoms with van der Waals surface area (Å²) in [7, 11) is -1.79. The Morgan fingerprint density at radius 3 is 2.27 bits per heavy atom. The molecule has 2 fully saturated rings. The van der Waals surface area contributed by atoms with E-state index in [0.717, 1.165) is 0 Å². The summed E-state index contributed by atoms with van der Waals surface area (Å²) < 4.78 is 43.1. The number of benzene rings is 2. The Labute approximate surface area is 150 Å². The molecule has 26 heavy (non-hydrogen) atoms. The van der Waals surface area contributed by atoms with Crippen LogP contribution in [0.15, 0.2) is 48.5 Å². The molecule has 2 aliphatic rings. The van der Waals surface area contributed by atoms with Crippen molar-refractivity contribution in [1.82, 2.24) is 0 Å². The zero-order chi connectivity index (χ0) is 18.5. The highest BCUT2D eigenvalue weighted by atomic mass is 32.2. The fourth-order valence-electron chi connectivity index (χ4n) is 3.72. The molecule has 0 bridgehead atoms. The first-order valence-corrected chi connectivity index (χ1v) is 9.95. The highest BCUT2D eigenvalue weighted by Crippen LogP contribution is 2.40. The quantitative estimate of drug-likeness (QED) is 0.772. The summed E-state index contributed by atoms with van der Waals surface area (Å²) in [6.07, 6.45) is 0. The average Bonchev–Trinajstić information content (AvgIpc) is 3.04. The summed E-state index contributed by atoms with van der Waals surface area (Å²) >= 11 is 0. The number of nitrogens with zero attached hydrogens (tertiary/aromatic N) is 2. The summed E-state index contributed by atoms with van der Waals surface area (Å²) in [5.74, 6) is -0.159. The van der Waals surface area contributed by atoms with E-state index in [9.17, 15) is 17.6 Å². The van der Waals surface area contributed by atoms with Gasteiger partial charge in [0.1, 0.15) is 11.6 Å². The van der Waals surface area contributed by atoms with E-state index in [4.69, 9.17) is 4.74 Å². The number of carbonyl (C=O) groups excluding carboxylic acids is 1. The summed E-state index contributed by atoms with van der Waals surface area (Å²) in [4.78, 5) is 16.1. The molecular weight excluding hydrogens is 359 g/mol. The molecule has 2 aromatic rings. The summed E-state index contributed by atoms with van der Waals surface area (Å²) in [5.41, 5.74) is 0.998. The molecule has 0 N–H and O–H groups in total. The van der Waals surface area contributed by atoms with Gasteiger partial charge >= 0.3 is 6.03 Å². The fraction of sp³-hybridized carbons (Fsp3) is 0.278. The highest BCUT2D eigenvalue weighted by molar-refractivity contribution is 7.91. The third-order valence-electron chi connectivity index (χ3n) is 4.82. The van der Waals surface area contributed by atoms with Crippen LogP contribution in [0.25, 0.3) is 0 Å². The van der Waals surface area contributed by atoms with Crippen LogP contribution in [0.3, 0.4) is 0 Å². The van der Waals surface area contributed by atoms with Gasteiger partial charge in [0.15, 0.2) is 9.84 Å². The minimum atomic E-state index is -3.29. The Morgan fingerprint density at radius 2 is 1.62 bits per heavy atom. The van der Waals surface area contributed by atoms with Crippen molar-refractivity contribution in [2.24, 2.45) is 0 Å². The van der Waals surface area contributed by atoms with E-state index < -0.39 is 27.7 Å². The monoisotopic (exact) mass is 376 g/mol. The number of methoxy groups -OCH3 is 1. The second-order valence-electron chi connectivity index (χ2n) is 6.38. The van der Waals surface area contributed by atoms with Crippen LogP contribution < -0.4 is 14.5 Å². The second kappa shape index (κ2) is 5.98. The number of hydrogen-bond donors (Lipinski definition) is 0. The molecule has 0 saturated carbocycles. The first-order chi connectivity index (χ1) is 12.4. The summed E-state index contributed by atoms with van der Waals surface area (Å²) in [5, 5.41) is 0. The summed E-state index contributed by atoms with van der Waals surface area (Å²) in [6, 6.07) is 11.1. The Bertz CT molecular complexity index is 961. The van der Waals surface area contributed by atoms with E-state index in [1.54, 1.807) is 24.3 Å². The number of ether oxygens (including phenoxy) is 1. The third kappa shape index (κ3) is 2.61. The second-order valence-corrected chi connectivity index (χ2v) is 8.54. The Kier molecular flexibility index (Phi) is 3.87. The maximum absolute atomic E-state index is 13.3. The molecule has 6 nitrogen and oxygen atoms in total. The predicted octanol–water partition coefficient (Wildman–Crippen LogP) is 2.45. The maximum atomic E-state index is 13.3. The standard InChI is InChI=1S/C18H17FN2O4S/c1-25-17-5-3-2-4-14(17)21-16-11-26(23,24)10-15(16)20(18(21)22)13-8-6-12(19)7-9-13/h2-9,15-16H,10-11H2,1H3. The summed E-state index contributed by atoms with van der Waals surface area (Å²) in [6.45, 7) is 0. The lowest BCUT2D eigenvalue weighted by Crippen LogP contribution is -2.38. The van der Waals surface area contributed by atoms with Crippen molar-refractivity contribution >= 4 is 27.2 Å². The molecule has 136 valence electrons. The molecule has 2 unspecified atom stereocenters. The Balaban J connectivity index is 1.83. The minimum absolute atomic E-state index is 0.112. The SMILES string of the molecule is COc1ccccc1N1C(=O)N(c2ccc(F)cc2)C2CS(=O)(=O)CC21. The van der Waals surface area contributed by atoms with Gasteiger partial charge in [0.25, 0.3) is 0 Å². The van der Waals surface area contributed by atoms with Crippen molar-refractivity contribution in [2.45, 2.75) is 12.1 Å². The van der Waals surface area contributed by atoms with Crippen LogP contribution in [0.2, 0.25) is 0 Å². The van der Waals surface area contributed by atoms with E-state index in [1.165, 1.54) is 41.2 Å². The van der Waals surface area contributed by atoms with Crippen molar-refractivity contribution in [2.75, 3.05) is 28.4 Å². The van der Waals surface area contributed by atoms with Crippen molar-refractivity contribution < 1.29 is 22.3 Å². The van der Waals surface area contributed by atoms with Gasteiger partial charge in [-0.15, -0.1) is 0 Å². The van der Waals surface area contributed by atoms with Crippen LogP contribution >= 0.6 is 0 Å². The van der Waals surface area contributed by atoms with Gasteiger partial charge in [0, 0.05) is 5.69 Å². The molecule has 2 aliphatic heterocycles. The zero-order valence-electron chi connectivity index (χ0n) is 14.0. The molecular formula is C18H17FN2O4S. The third-order valence-corrected chi connectivity index (χ3v) is 6.52. The first kappa shape index (κ1) is 16.8. The molecule has 2 amide bonds. The molecule has 2 heterocycles. The first-order valence-electron chi connectivity index (χ1n) is 8.13. The van der Waals surface area contributed by atoms with E-state index in [0.29, 0.717) is 17.1 Å². The van der Waals surface area contributed by atoms with Crippen molar-refractivity contribution in [3.8, 4) is 5.75 Å².